The van der Waals surface area contributed by atoms with Gasteiger partial charge in [-0.3, -0.25) is 0 Å². The number of carbonyl (C=O) groups excluding carboxylic acids is 1. The molecule has 0 aromatic rings. The van der Waals surface area contributed by atoms with E-state index in [0.717, 1.165) is 6.42 Å². The molecule has 0 rings (SSSR count). The van der Waals surface area contributed by atoms with Crippen LogP contribution in [0.15, 0.2) is 12.2 Å². The van der Waals surface area contributed by atoms with Gasteiger partial charge in [-0.15, -0.1) is 0 Å². The number of hydrogen-bond acceptors (Lipinski definition) is 2. The lowest BCUT2D eigenvalue weighted by atomic mass is 10.3. The second-order valence-electron chi connectivity index (χ2n) is 2.16. The van der Waals surface area contributed by atoms with Crippen LogP contribution >= 0.6 is 0 Å². The zero-order valence-electron chi connectivity index (χ0n) is 6.76. The molecule has 0 aliphatic heterocycles. The standard InChI is InChI=1S/C8H14O2/c1-4-6-8(9)10-7(3)5-2/h4,6-7H,5H2,1-3H3/b6-4-. The van der Waals surface area contributed by atoms with Crippen LogP contribution in [0, 0.1) is 0 Å². The predicted molar refractivity (Wildman–Crippen MR) is 40.7 cm³/mol. The van der Waals surface area contributed by atoms with E-state index in [2.05, 4.69) is 0 Å². The highest BCUT2D eigenvalue weighted by atomic mass is 16.5. The fourth-order valence-corrected chi connectivity index (χ4v) is 0.457. The van der Waals surface area contributed by atoms with Crippen LogP contribution in [0.3, 0.4) is 0 Å². The molecule has 1 unspecified atom stereocenters. The van der Waals surface area contributed by atoms with Gasteiger partial charge >= 0.3 is 5.97 Å². The van der Waals surface area contributed by atoms with Crippen LogP contribution in [-0.2, 0) is 9.53 Å². The smallest absolute Gasteiger partial charge is 0.330 e. The van der Waals surface area contributed by atoms with E-state index in [-0.39, 0.29) is 12.1 Å². The third kappa shape index (κ3) is 4.13. The van der Waals surface area contributed by atoms with Gasteiger partial charge in [-0.1, -0.05) is 13.0 Å². The van der Waals surface area contributed by atoms with E-state index in [1.807, 2.05) is 13.8 Å². The third-order valence-electron chi connectivity index (χ3n) is 1.20. The number of carbonyl (C=O) groups is 1. The van der Waals surface area contributed by atoms with Crippen molar-refractivity contribution in [3.63, 3.8) is 0 Å². The first-order chi connectivity index (χ1) is 4.70. The maximum Gasteiger partial charge on any atom is 0.330 e. The maximum atomic E-state index is 10.7. The van der Waals surface area contributed by atoms with Crippen molar-refractivity contribution in [2.45, 2.75) is 33.3 Å². The summed E-state index contributed by atoms with van der Waals surface area (Å²) in [5.41, 5.74) is 0. The van der Waals surface area contributed by atoms with Gasteiger partial charge in [0.05, 0.1) is 6.10 Å². The number of allylic oxidation sites excluding steroid dienone is 1. The number of ether oxygens (including phenoxy) is 1. The molecular weight excluding hydrogens is 128 g/mol. The molecule has 2 nitrogen and oxygen atoms in total. The van der Waals surface area contributed by atoms with E-state index >= 15 is 0 Å². The molecule has 0 saturated heterocycles. The van der Waals surface area contributed by atoms with Crippen LogP contribution in [0.5, 0.6) is 0 Å². The van der Waals surface area contributed by atoms with E-state index in [1.165, 1.54) is 6.08 Å². The maximum absolute atomic E-state index is 10.7. The number of esters is 1. The minimum Gasteiger partial charge on any atom is -0.460 e. The molecular formula is C8H14O2. The Balaban J connectivity index is 3.57. The molecule has 0 aliphatic rings. The van der Waals surface area contributed by atoms with Crippen LogP contribution in [0.2, 0.25) is 0 Å². The molecule has 0 radical (unpaired) electrons. The molecule has 58 valence electrons. The van der Waals surface area contributed by atoms with Crippen LogP contribution in [0.25, 0.3) is 0 Å². The van der Waals surface area contributed by atoms with Gasteiger partial charge in [-0.2, -0.15) is 0 Å². The first-order valence-corrected chi connectivity index (χ1v) is 3.54. The average Bonchev–Trinajstić information content (AvgIpc) is 1.88. The third-order valence-corrected chi connectivity index (χ3v) is 1.20. The Morgan fingerprint density at radius 2 is 2.30 bits per heavy atom. The molecule has 0 amide bonds. The van der Waals surface area contributed by atoms with Crippen molar-refractivity contribution >= 4 is 5.97 Å². The first kappa shape index (κ1) is 9.21. The summed E-state index contributed by atoms with van der Waals surface area (Å²) >= 11 is 0. The van der Waals surface area contributed by atoms with E-state index in [4.69, 9.17) is 4.74 Å². The molecule has 0 aliphatic carbocycles. The van der Waals surface area contributed by atoms with Crippen LogP contribution in [0.1, 0.15) is 27.2 Å². The van der Waals surface area contributed by atoms with Crippen molar-refractivity contribution in [3.05, 3.63) is 12.2 Å². The summed E-state index contributed by atoms with van der Waals surface area (Å²) in [6.07, 6.45) is 3.99. The Bertz CT molecular complexity index is 127. The summed E-state index contributed by atoms with van der Waals surface area (Å²) < 4.78 is 4.91. The molecule has 0 bridgehead atoms. The highest BCUT2D eigenvalue weighted by molar-refractivity contribution is 5.81. The number of hydrogen-bond donors (Lipinski definition) is 0. The molecule has 0 fully saturated rings. The van der Waals surface area contributed by atoms with Crippen molar-refractivity contribution in [2.75, 3.05) is 0 Å². The van der Waals surface area contributed by atoms with Crippen molar-refractivity contribution < 1.29 is 9.53 Å². The van der Waals surface area contributed by atoms with Gasteiger partial charge in [0.15, 0.2) is 0 Å². The lowest BCUT2D eigenvalue weighted by Gasteiger charge is -2.07. The Hall–Kier alpha value is -0.790. The van der Waals surface area contributed by atoms with E-state index < -0.39 is 0 Å². The van der Waals surface area contributed by atoms with Gasteiger partial charge in [0.25, 0.3) is 0 Å². The molecule has 0 saturated carbocycles. The SMILES string of the molecule is C/C=C\C(=O)OC(C)CC. The van der Waals surface area contributed by atoms with Crippen molar-refractivity contribution in [2.24, 2.45) is 0 Å². The van der Waals surface area contributed by atoms with Gasteiger partial charge in [-0.05, 0) is 20.3 Å². The average molecular weight is 142 g/mol. The minimum absolute atomic E-state index is 0.0312. The molecule has 0 N–H and O–H groups in total. The van der Waals surface area contributed by atoms with E-state index in [9.17, 15) is 4.79 Å². The highest BCUT2D eigenvalue weighted by Gasteiger charge is 2.01. The molecule has 0 heterocycles. The zero-order chi connectivity index (χ0) is 7.98. The largest absolute Gasteiger partial charge is 0.460 e. The lowest BCUT2D eigenvalue weighted by Crippen LogP contribution is -2.11. The monoisotopic (exact) mass is 142 g/mol. The Morgan fingerprint density at radius 3 is 2.70 bits per heavy atom. The van der Waals surface area contributed by atoms with Gasteiger partial charge in [0.2, 0.25) is 0 Å². The van der Waals surface area contributed by atoms with Crippen molar-refractivity contribution in [1.29, 1.82) is 0 Å². The normalized spacial score (nSPS) is 13.5. The second-order valence-corrected chi connectivity index (χ2v) is 2.16. The van der Waals surface area contributed by atoms with Crippen molar-refractivity contribution in [1.82, 2.24) is 0 Å². The summed E-state index contributed by atoms with van der Waals surface area (Å²) in [5, 5.41) is 0. The highest BCUT2D eigenvalue weighted by Crippen LogP contribution is 1.96. The van der Waals surface area contributed by atoms with E-state index in [0.29, 0.717) is 0 Å². The van der Waals surface area contributed by atoms with Gasteiger partial charge in [-0.25, -0.2) is 4.79 Å². The zero-order valence-corrected chi connectivity index (χ0v) is 6.76. The minimum atomic E-state index is -0.253. The molecule has 0 spiro atoms. The van der Waals surface area contributed by atoms with Crippen LogP contribution in [0.4, 0.5) is 0 Å². The summed E-state index contributed by atoms with van der Waals surface area (Å²) in [7, 11) is 0. The van der Waals surface area contributed by atoms with Crippen LogP contribution < -0.4 is 0 Å². The molecule has 2 heteroatoms. The fourth-order valence-electron chi connectivity index (χ4n) is 0.457. The molecule has 1 atom stereocenters. The van der Waals surface area contributed by atoms with Gasteiger partial charge < -0.3 is 4.74 Å². The fraction of sp³-hybridized carbons (Fsp3) is 0.625. The Labute approximate surface area is 61.9 Å². The summed E-state index contributed by atoms with van der Waals surface area (Å²) in [4.78, 5) is 10.7. The topological polar surface area (TPSA) is 26.3 Å². The summed E-state index contributed by atoms with van der Waals surface area (Å²) in [6.45, 7) is 5.65. The van der Waals surface area contributed by atoms with Crippen molar-refractivity contribution in [3.8, 4) is 0 Å². The van der Waals surface area contributed by atoms with Crippen LogP contribution in [-0.4, -0.2) is 12.1 Å². The Kier molecular flexibility index (Phi) is 4.63. The summed E-state index contributed by atoms with van der Waals surface area (Å²) in [6, 6.07) is 0. The quantitative estimate of drug-likeness (QED) is 0.444. The molecule has 10 heavy (non-hydrogen) atoms. The number of rotatable bonds is 3. The predicted octanol–water partition coefficient (Wildman–Crippen LogP) is 1.90. The second kappa shape index (κ2) is 5.03. The van der Waals surface area contributed by atoms with E-state index in [1.54, 1.807) is 13.0 Å². The molecule has 0 aromatic heterocycles. The summed E-state index contributed by atoms with van der Waals surface area (Å²) in [5.74, 6) is -0.253. The van der Waals surface area contributed by atoms with Gasteiger partial charge in [0, 0.05) is 6.08 Å². The van der Waals surface area contributed by atoms with Gasteiger partial charge in [0.1, 0.15) is 0 Å². The lowest BCUT2D eigenvalue weighted by molar-refractivity contribution is -0.142. The molecule has 0 aromatic carbocycles. The first-order valence-electron chi connectivity index (χ1n) is 3.54. The Morgan fingerprint density at radius 1 is 1.70 bits per heavy atom.